The monoisotopic (exact) mass is 521 g/mol. The molecule has 11 heteroatoms. The van der Waals surface area contributed by atoms with Crippen LogP contribution in [-0.2, 0) is 26.3 Å². The number of nitrogens with one attached hydrogen (secondary N) is 1. The maximum atomic E-state index is 13.9. The van der Waals surface area contributed by atoms with Crippen LogP contribution in [0.2, 0.25) is 10.0 Å². The topological polar surface area (TPSA) is 55.4 Å². The Labute approximate surface area is 195 Å². The number of rotatable bonds is 7. The van der Waals surface area contributed by atoms with E-state index in [4.69, 9.17) is 27.7 Å². The van der Waals surface area contributed by atoms with E-state index in [0.717, 1.165) is 6.07 Å². The van der Waals surface area contributed by atoms with Crippen LogP contribution in [0.4, 0.5) is 18.9 Å². The molecule has 3 rings (SSSR count). The fourth-order valence-corrected chi connectivity index (χ4v) is 6.51. The molecule has 170 valence electrons. The highest BCUT2D eigenvalue weighted by Crippen LogP contribution is 2.47. The number of hydrogen-bond donors (Lipinski definition) is 1. The van der Waals surface area contributed by atoms with Gasteiger partial charge < -0.3 is 9.25 Å². The maximum absolute atomic E-state index is 13.9. The summed E-state index contributed by atoms with van der Waals surface area (Å²) >= 11 is 11.7. The zero-order chi connectivity index (χ0) is 23.5. The van der Waals surface area contributed by atoms with E-state index in [9.17, 15) is 21.9 Å². The molecule has 0 aromatic heterocycles. The zero-order valence-corrected chi connectivity index (χ0v) is 19.8. The van der Waals surface area contributed by atoms with Crippen LogP contribution < -0.4 is 15.3 Å². The van der Waals surface area contributed by atoms with Crippen LogP contribution in [0, 0.1) is 0 Å². The van der Waals surface area contributed by atoms with Gasteiger partial charge in [-0.15, -0.1) is 0 Å². The molecule has 0 fully saturated rings. The zero-order valence-electron chi connectivity index (χ0n) is 16.5. The first-order valence-electron chi connectivity index (χ1n) is 9.21. The lowest BCUT2D eigenvalue weighted by atomic mass is 10.2. The van der Waals surface area contributed by atoms with Crippen molar-refractivity contribution >= 4 is 57.9 Å². The number of benzene rings is 3. The number of hydrogen-bond acceptors (Lipinski definition) is 3. The molecule has 0 spiro atoms. The molecule has 4 nitrogen and oxygen atoms in total. The molecular weight excluding hydrogens is 505 g/mol. The van der Waals surface area contributed by atoms with Crippen LogP contribution in [0.15, 0.2) is 71.6 Å². The molecule has 0 saturated carbocycles. The van der Waals surface area contributed by atoms with Crippen LogP contribution in [-0.4, -0.2) is 10.8 Å². The minimum atomic E-state index is -4.71. The molecule has 1 N–H and O–H groups in total. The fraction of sp³-hybridized carbons (Fsp3) is 0.143. The second kappa shape index (κ2) is 9.98. The van der Waals surface area contributed by atoms with Crippen molar-refractivity contribution in [1.29, 1.82) is 0 Å². The number of anilines is 1. The summed E-state index contributed by atoms with van der Waals surface area (Å²) in [6.07, 6.45) is -4.71. The Hall–Kier alpha value is -1.83. The normalized spacial score (nSPS) is 14.6. The molecule has 0 saturated heterocycles. The Balaban J connectivity index is 2.06. The molecule has 0 amide bonds. The number of alkyl halides is 3. The van der Waals surface area contributed by atoms with E-state index >= 15 is 0 Å². The van der Waals surface area contributed by atoms with Crippen molar-refractivity contribution in [3.63, 3.8) is 0 Å². The predicted octanol–water partition coefficient (Wildman–Crippen LogP) is 6.41. The van der Waals surface area contributed by atoms with Gasteiger partial charge in [0.05, 0.1) is 33.1 Å². The van der Waals surface area contributed by atoms with Crippen LogP contribution >= 0.6 is 30.6 Å². The molecule has 32 heavy (non-hydrogen) atoms. The predicted molar refractivity (Wildman–Crippen MR) is 123 cm³/mol. The highest BCUT2D eigenvalue weighted by Gasteiger charge is 2.34. The highest BCUT2D eigenvalue weighted by molar-refractivity contribution is 7.86. The van der Waals surface area contributed by atoms with Crippen molar-refractivity contribution in [2.24, 2.45) is 0 Å². The Morgan fingerprint density at radius 3 is 2.34 bits per heavy atom. The van der Waals surface area contributed by atoms with Gasteiger partial charge >= 0.3 is 6.18 Å². The van der Waals surface area contributed by atoms with E-state index in [-0.39, 0.29) is 27.5 Å². The van der Waals surface area contributed by atoms with Gasteiger partial charge in [0.1, 0.15) is 11.0 Å². The van der Waals surface area contributed by atoms with Crippen molar-refractivity contribution in [2.45, 2.75) is 18.0 Å². The van der Waals surface area contributed by atoms with Crippen molar-refractivity contribution in [2.75, 3.05) is 11.3 Å². The Morgan fingerprint density at radius 1 is 1.03 bits per heavy atom. The summed E-state index contributed by atoms with van der Waals surface area (Å²) in [6, 6.07) is 15.8. The fourth-order valence-electron chi connectivity index (χ4n) is 2.93. The minimum absolute atomic E-state index is 0.111. The van der Waals surface area contributed by atoms with Crippen LogP contribution in [0.5, 0.6) is 0 Å². The van der Waals surface area contributed by atoms with Crippen LogP contribution in [0.25, 0.3) is 0 Å². The smallest absolute Gasteiger partial charge is 0.322 e. The summed E-state index contributed by atoms with van der Waals surface area (Å²) in [5.41, 5.74) is -0.998. The van der Waals surface area contributed by atoms with Gasteiger partial charge in [0, 0.05) is 10.3 Å². The van der Waals surface area contributed by atoms with Gasteiger partial charge in [0.2, 0.25) is 0 Å². The van der Waals surface area contributed by atoms with E-state index < -0.39 is 35.1 Å². The first kappa shape index (κ1) is 24.8. The number of halogens is 5. The SMILES string of the molecule is CCOP(=O)(c1ccccc1)c1ccc(Cl)cc1NS(=O)c1ccc(Cl)c(C(F)(F)F)c1. The summed E-state index contributed by atoms with van der Waals surface area (Å²) < 4.78 is 74.7. The third-order valence-corrected chi connectivity index (χ3v) is 8.62. The molecule has 0 aliphatic carbocycles. The Bertz CT molecular complexity index is 1190. The van der Waals surface area contributed by atoms with Crippen molar-refractivity contribution in [3.05, 3.63) is 82.3 Å². The lowest BCUT2D eigenvalue weighted by Gasteiger charge is -2.22. The molecule has 3 aromatic rings. The first-order valence-corrected chi connectivity index (χ1v) is 12.7. The summed E-state index contributed by atoms with van der Waals surface area (Å²) in [6.45, 7) is 1.81. The van der Waals surface area contributed by atoms with E-state index in [0.29, 0.717) is 11.4 Å². The second-order valence-corrected chi connectivity index (χ2v) is 10.9. The van der Waals surface area contributed by atoms with Gasteiger partial charge in [-0.1, -0.05) is 41.4 Å². The maximum Gasteiger partial charge on any atom is 0.417 e. The van der Waals surface area contributed by atoms with Gasteiger partial charge in [-0.3, -0.25) is 4.57 Å². The highest BCUT2D eigenvalue weighted by atomic mass is 35.5. The van der Waals surface area contributed by atoms with E-state index in [1.165, 1.54) is 24.3 Å². The van der Waals surface area contributed by atoms with Crippen LogP contribution in [0.1, 0.15) is 12.5 Å². The molecule has 0 aliphatic heterocycles. The molecule has 0 heterocycles. The average molecular weight is 522 g/mol. The third-order valence-electron chi connectivity index (χ3n) is 4.34. The van der Waals surface area contributed by atoms with Gasteiger partial charge in [-0.05, 0) is 55.5 Å². The quantitative estimate of drug-likeness (QED) is 0.365. The van der Waals surface area contributed by atoms with Gasteiger partial charge in [0.25, 0.3) is 7.37 Å². The van der Waals surface area contributed by atoms with E-state index in [2.05, 4.69) is 4.72 Å². The molecule has 0 aliphatic rings. The third kappa shape index (κ3) is 5.38. The molecule has 0 radical (unpaired) electrons. The van der Waals surface area contributed by atoms with Crippen molar-refractivity contribution in [3.8, 4) is 0 Å². The lowest BCUT2D eigenvalue weighted by molar-refractivity contribution is -0.137. The molecule has 3 aromatic carbocycles. The lowest BCUT2D eigenvalue weighted by Crippen LogP contribution is -2.22. The van der Waals surface area contributed by atoms with E-state index in [1.807, 2.05) is 0 Å². The van der Waals surface area contributed by atoms with Crippen LogP contribution in [0.3, 0.4) is 0 Å². The minimum Gasteiger partial charge on any atom is -0.322 e. The first-order chi connectivity index (χ1) is 15.1. The summed E-state index contributed by atoms with van der Waals surface area (Å²) in [7, 11) is -5.78. The average Bonchev–Trinajstić information content (AvgIpc) is 2.74. The Morgan fingerprint density at radius 2 is 1.72 bits per heavy atom. The van der Waals surface area contributed by atoms with E-state index in [1.54, 1.807) is 37.3 Å². The van der Waals surface area contributed by atoms with Crippen molar-refractivity contribution in [1.82, 2.24) is 0 Å². The van der Waals surface area contributed by atoms with Crippen molar-refractivity contribution < 1.29 is 26.5 Å². The second-order valence-electron chi connectivity index (χ2n) is 6.48. The van der Waals surface area contributed by atoms with Gasteiger partial charge in [0.15, 0.2) is 0 Å². The summed E-state index contributed by atoms with van der Waals surface area (Å²) in [5, 5.41) is 0.334. The van der Waals surface area contributed by atoms with Gasteiger partial charge in [-0.25, -0.2) is 4.21 Å². The standard InChI is InChI=1S/C21H17Cl2F3NO3PS/c1-2-30-31(28,15-6-4-3-5-7-15)20-11-8-14(22)12-19(20)27-32(29)16-9-10-18(23)17(13-16)21(24,25)26/h3-13,27H,2H2,1H3. The largest absolute Gasteiger partial charge is 0.417 e. The molecule has 2 atom stereocenters. The summed E-state index contributed by atoms with van der Waals surface area (Å²) in [4.78, 5) is -0.168. The molecule has 2 unspecified atom stereocenters. The Kier molecular flexibility index (Phi) is 7.73. The summed E-state index contributed by atoms with van der Waals surface area (Å²) in [5.74, 6) is 0. The van der Waals surface area contributed by atoms with Gasteiger partial charge in [-0.2, -0.15) is 13.2 Å². The molecule has 0 bridgehead atoms. The molecular formula is C21H17Cl2F3NO3PS.